The molecule has 0 saturated carbocycles. The molecule has 0 unspecified atom stereocenters. The summed E-state index contributed by atoms with van der Waals surface area (Å²) in [6.45, 7) is 0. The Balaban J connectivity index is 1.57. The third-order valence-electron chi connectivity index (χ3n) is 4.64. The molecule has 2 aliphatic rings. The second-order valence-corrected chi connectivity index (χ2v) is 6.01. The fraction of sp³-hybridized carbons (Fsp3) is 0.158. The van der Waals surface area contributed by atoms with Gasteiger partial charge in [0.15, 0.2) is 0 Å². The van der Waals surface area contributed by atoms with Gasteiger partial charge in [-0.15, -0.1) is 0 Å². The molecule has 4 heteroatoms. The van der Waals surface area contributed by atoms with Crippen molar-refractivity contribution >= 4 is 23.2 Å². The van der Waals surface area contributed by atoms with Gasteiger partial charge in [-0.05, 0) is 36.6 Å². The van der Waals surface area contributed by atoms with Gasteiger partial charge in [0.2, 0.25) is 5.91 Å². The van der Waals surface area contributed by atoms with Gasteiger partial charge in [0.1, 0.15) is 0 Å². The first-order valence-corrected chi connectivity index (χ1v) is 7.65. The highest BCUT2D eigenvalue weighted by molar-refractivity contribution is 6.10. The van der Waals surface area contributed by atoms with Crippen LogP contribution in [0.4, 0.5) is 11.4 Å². The quantitative estimate of drug-likeness (QED) is 0.895. The van der Waals surface area contributed by atoms with Gasteiger partial charge in [-0.25, -0.2) is 0 Å². The number of hydrogen-bond acceptors (Lipinski definition) is 2. The number of amides is 2. The van der Waals surface area contributed by atoms with Gasteiger partial charge < -0.3 is 10.6 Å². The maximum Gasteiger partial charge on any atom is 0.251 e. The highest BCUT2D eigenvalue weighted by Crippen LogP contribution is 2.48. The van der Waals surface area contributed by atoms with Crippen LogP contribution in [0, 0.1) is 0 Å². The average molecular weight is 304 g/mol. The number of nitrogens with one attached hydrogen (secondary N) is 2. The molecule has 1 aliphatic heterocycles. The zero-order valence-corrected chi connectivity index (χ0v) is 12.5. The number of hydrogen-bond donors (Lipinski definition) is 2. The molecule has 4 rings (SSSR count). The fourth-order valence-corrected chi connectivity index (χ4v) is 3.42. The molecule has 1 atom stereocenters. The van der Waals surface area contributed by atoms with Gasteiger partial charge in [0.05, 0.1) is 5.41 Å². The Morgan fingerprint density at radius 2 is 1.78 bits per heavy atom. The number of fused-ring (bicyclic) bond motifs is 2. The average Bonchev–Trinajstić information content (AvgIpc) is 3.13. The molecule has 1 aliphatic carbocycles. The van der Waals surface area contributed by atoms with Gasteiger partial charge in [0.25, 0.3) is 5.91 Å². The Labute approximate surface area is 134 Å². The Kier molecular flexibility index (Phi) is 3.05. The van der Waals surface area contributed by atoms with Gasteiger partial charge in [-0.1, -0.05) is 42.5 Å². The summed E-state index contributed by atoms with van der Waals surface area (Å²) in [5, 5.41) is 5.83. The molecule has 2 aromatic rings. The fourth-order valence-electron chi connectivity index (χ4n) is 3.42. The summed E-state index contributed by atoms with van der Waals surface area (Å²) in [5.41, 5.74) is 2.65. The van der Waals surface area contributed by atoms with E-state index in [4.69, 9.17) is 0 Å². The van der Waals surface area contributed by atoms with Gasteiger partial charge in [0, 0.05) is 16.9 Å². The van der Waals surface area contributed by atoms with Crippen LogP contribution >= 0.6 is 0 Å². The first-order chi connectivity index (χ1) is 11.2. The van der Waals surface area contributed by atoms with Gasteiger partial charge >= 0.3 is 0 Å². The third-order valence-corrected chi connectivity index (χ3v) is 4.64. The van der Waals surface area contributed by atoms with E-state index in [-0.39, 0.29) is 11.8 Å². The van der Waals surface area contributed by atoms with Crippen LogP contribution in [0.3, 0.4) is 0 Å². The Morgan fingerprint density at radius 3 is 2.61 bits per heavy atom. The summed E-state index contributed by atoms with van der Waals surface area (Å²) in [7, 11) is 0. The predicted molar refractivity (Wildman–Crippen MR) is 89.1 cm³/mol. The van der Waals surface area contributed by atoms with Crippen LogP contribution in [0.25, 0.3) is 0 Å². The van der Waals surface area contributed by atoms with Crippen molar-refractivity contribution in [3.05, 3.63) is 71.8 Å². The lowest BCUT2D eigenvalue weighted by atomic mass is 9.78. The minimum absolute atomic E-state index is 0.0162. The highest BCUT2D eigenvalue weighted by Gasteiger charge is 2.49. The van der Waals surface area contributed by atoms with Crippen molar-refractivity contribution in [3.63, 3.8) is 0 Å². The largest absolute Gasteiger partial charge is 0.325 e. The molecule has 23 heavy (non-hydrogen) atoms. The van der Waals surface area contributed by atoms with Crippen molar-refractivity contribution in [2.24, 2.45) is 0 Å². The van der Waals surface area contributed by atoms with Crippen LogP contribution in [-0.2, 0) is 15.0 Å². The van der Waals surface area contributed by atoms with E-state index in [1.54, 1.807) is 0 Å². The summed E-state index contributed by atoms with van der Waals surface area (Å²) >= 11 is 0. The van der Waals surface area contributed by atoms with E-state index in [0.29, 0.717) is 18.4 Å². The number of para-hydroxylation sites is 2. The van der Waals surface area contributed by atoms with Crippen LogP contribution in [0.2, 0.25) is 0 Å². The van der Waals surface area contributed by atoms with Crippen molar-refractivity contribution in [1.29, 1.82) is 0 Å². The number of carbonyl (C=O) groups excluding carboxylic acids is 2. The first kappa shape index (κ1) is 13.8. The van der Waals surface area contributed by atoms with E-state index in [0.717, 1.165) is 16.9 Å². The Hall–Kier alpha value is -2.88. The molecular weight excluding hydrogens is 288 g/mol. The third kappa shape index (κ3) is 2.14. The molecule has 0 radical (unpaired) electrons. The maximum absolute atomic E-state index is 12.5. The molecule has 2 amide bonds. The number of benzene rings is 2. The first-order valence-electron chi connectivity index (χ1n) is 7.65. The van der Waals surface area contributed by atoms with E-state index in [9.17, 15) is 9.59 Å². The molecule has 1 heterocycles. The summed E-state index contributed by atoms with van der Waals surface area (Å²) in [6, 6.07) is 17.1. The van der Waals surface area contributed by atoms with E-state index in [2.05, 4.69) is 10.6 Å². The van der Waals surface area contributed by atoms with E-state index in [1.807, 2.05) is 60.7 Å². The second kappa shape index (κ2) is 5.09. The number of carbonyl (C=O) groups is 2. The molecular formula is C19H16N2O2. The van der Waals surface area contributed by atoms with E-state index < -0.39 is 5.41 Å². The van der Waals surface area contributed by atoms with E-state index in [1.165, 1.54) is 0 Å². The van der Waals surface area contributed by atoms with E-state index >= 15 is 0 Å². The summed E-state index contributed by atoms with van der Waals surface area (Å²) in [5.74, 6) is -0.150. The van der Waals surface area contributed by atoms with Crippen molar-refractivity contribution in [2.45, 2.75) is 18.3 Å². The molecule has 0 fully saturated rings. The lowest BCUT2D eigenvalue weighted by Gasteiger charge is -2.21. The van der Waals surface area contributed by atoms with Crippen LogP contribution in [0.5, 0.6) is 0 Å². The van der Waals surface area contributed by atoms with Crippen molar-refractivity contribution in [3.8, 4) is 0 Å². The van der Waals surface area contributed by atoms with Crippen molar-refractivity contribution in [2.75, 3.05) is 10.6 Å². The van der Waals surface area contributed by atoms with Crippen LogP contribution in [-0.4, -0.2) is 11.8 Å². The van der Waals surface area contributed by atoms with Crippen LogP contribution in [0.15, 0.2) is 66.2 Å². The topological polar surface area (TPSA) is 58.2 Å². The lowest BCUT2D eigenvalue weighted by Crippen LogP contribution is -2.32. The van der Waals surface area contributed by atoms with Gasteiger partial charge in [-0.3, -0.25) is 9.59 Å². The molecule has 0 saturated heterocycles. The molecule has 0 aromatic heterocycles. The maximum atomic E-state index is 12.5. The molecule has 4 nitrogen and oxygen atoms in total. The van der Waals surface area contributed by atoms with Gasteiger partial charge in [-0.2, -0.15) is 0 Å². The van der Waals surface area contributed by atoms with Crippen LogP contribution < -0.4 is 10.6 Å². The Morgan fingerprint density at radius 1 is 1.04 bits per heavy atom. The predicted octanol–water partition coefficient (Wildman–Crippen LogP) is 3.24. The minimum atomic E-state index is -0.625. The smallest absolute Gasteiger partial charge is 0.251 e. The van der Waals surface area contributed by atoms with Crippen molar-refractivity contribution < 1.29 is 9.59 Å². The molecule has 2 N–H and O–H groups in total. The molecule has 2 aromatic carbocycles. The molecule has 114 valence electrons. The SMILES string of the molecule is O=C(Nc1ccccc1)C1=CC[C@@]2(C1)C(=O)Nc1ccccc12. The summed E-state index contributed by atoms with van der Waals surface area (Å²) in [4.78, 5) is 25.0. The molecule has 0 bridgehead atoms. The summed E-state index contributed by atoms with van der Waals surface area (Å²) in [6.07, 6.45) is 2.89. The molecule has 1 spiro atoms. The highest BCUT2D eigenvalue weighted by atomic mass is 16.2. The normalized spacial score (nSPS) is 21.7. The summed E-state index contributed by atoms with van der Waals surface area (Å²) < 4.78 is 0. The standard InChI is InChI=1S/C19H16N2O2/c22-17(20-14-6-2-1-3-7-14)13-10-11-19(12-13)15-8-4-5-9-16(15)21-18(19)23/h1-10H,11-12H2,(H,20,22)(H,21,23)/t19-/m0/s1. The number of allylic oxidation sites excluding steroid dienone is 1. The second-order valence-electron chi connectivity index (χ2n) is 6.01. The number of anilines is 2. The Bertz CT molecular complexity index is 826. The minimum Gasteiger partial charge on any atom is -0.325 e. The lowest BCUT2D eigenvalue weighted by molar-refractivity contribution is -0.120. The van der Waals surface area contributed by atoms with Crippen LogP contribution in [0.1, 0.15) is 18.4 Å². The van der Waals surface area contributed by atoms with Crippen molar-refractivity contribution in [1.82, 2.24) is 0 Å². The zero-order valence-electron chi connectivity index (χ0n) is 12.5. The zero-order chi connectivity index (χ0) is 15.9. The monoisotopic (exact) mass is 304 g/mol. The number of rotatable bonds is 2.